The fourth-order valence-electron chi connectivity index (χ4n) is 7.64. The highest BCUT2D eigenvalue weighted by molar-refractivity contribution is 5.09. The molecule has 0 radical (unpaired) electrons. The Labute approximate surface area is 342 Å². The van der Waals surface area contributed by atoms with Crippen LogP contribution in [-0.4, -0.2) is 241 Å². The molecule has 0 saturated carbocycles. The predicted molar refractivity (Wildman–Crippen MR) is 185 cm³/mol. The smallest absolute Gasteiger partial charge is 0.187 e. The van der Waals surface area contributed by atoms with Crippen molar-refractivity contribution in [3.63, 3.8) is 0 Å². The van der Waals surface area contributed by atoms with Crippen molar-refractivity contribution in [3.8, 4) is 0 Å². The Morgan fingerprint density at radius 3 is 1.36 bits per heavy atom. The van der Waals surface area contributed by atoms with Crippen LogP contribution in [0.4, 0.5) is 0 Å². The van der Waals surface area contributed by atoms with Crippen LogP contribution in [0.2, 0.25) is 0 Å². The third kappa shape index (κ3) is 8.92. The lowest BCUT2D eigenvalue weighted by Crippen LogP contribution is -2.59. The monoisotopic (exact) mass is 879 g/mol. The van der Waals surface area contributed by atoms with Crippen LogP contribution >= 0.6 is 0 Å². The highest BCUT2D eigenvalue weighted by Crippen LogP contribution is 2.39. The quantitative estimate of drug-likeness (QED) is 0.0715. The van der Waals surface area contributed by atoms with Gasteiger partial charge in [0.1, 0.15) is 121 Å². The van der Waals surface area contributed by atoms with E-state index in [2.05, 4.69) is 30.9 Å². The number of hydrogen-bond acceptors (Lipinski definition) is 26. The molecular weight excluding hydrogens is 830 g/mol. The second kappa shape index (κ2) is 19.2. The Kier molecular flexibility index (Phi) is 14.3. The molecule has 29 heteroatoms. The Hall–Kier alpha value is -3.38. The summed E-state index contributed by atoms with van der Waals surface area (Å²) in [6, 6.07) is -2.46. The highest BCUT2D eigenvalue weighted by atomic mass is 16.7. The van der Waals surface area contributed by atoms with Gasteiger partial charge in [-0.25, -0.2) is 14.0 Å². The number of hydrogen-bond donors (Lipinski definition) is 14. The van der Waals surface area contributed by atoms with E-state index in [-0.39, 0.29) is 30.3 Å². The molecule has 342 valence electrons. The normalized spacial score (nSPS) is 42.2. The van der Waals surface area contributed by atoms with Gasteiger partial charge in [0, 0.05) is 0 Å². The lowest BCUT2D eigenvalue weighted by Gasteiger charge is -2.42. The Bertz CT molecular complexity index is 1730. The van der Waals surface area contributed by atoms with Crippen molar-refractivity contribution in [2.45, 2.75) is 136 Å². The molecule has 4 fully saturated rings. The second-order valence-electron chi connectivity index (χ2n) is 15.0. The minimum Gasteiger partial charge on any atom is -0.394 e. The molecule has 0 spiro atoms. The summed E-state index contributed by atoms with van der Waals surface area (Å²) < 4.78 is 36.7. The number of aromatic nitrogens is 9. The Morgan fingerprint density at radius 2 is 0.885 bits per heavy atom. The van der Waals surface area contributed by atoms with Crippen LogP contribution in [0.1, 0.15) is 41.5 Å². The molecule has 29 nitrogen and oxygen atoms in total. The maximum Gasteiger partial charge on any atom is 0.187 e. The number of nitrogens with zero attached hydrogens (tertiary/aromatic N) is 9. The molecule has 7 rings (SSSR count). The molecule has 4 aliphatic rings. The minimum atomic E-state index is -1.75. The lowest BCUT2D eigenvalue weighted by molar-refractivity contribution is -0.304. The van der Waals surface area contributed by atoms with Gasteiger partial charge in [-0.3, -0.25) is 0 Å². The van der Waals surface area contributed by atoms with Gasteiger partial charge in [-0.05, 0) is 0 Å². The lowest BCUT2D eigenvalue weighted by atomic mass is 9.91. The zero-order chi connectivity index (χ0) is 43.9. The van der Waals surface area contributed by atoms with E-state index in [0.717, 1.165) is 14.0 Å². The molecular formula is C32H49N9O20. The van der Waals surface area contributed by atoms with E-state index >= 15 is 0 Å². The number of aliphatic hydroxyl groups excluding tert-OH is 14. The van der Waals surface area contributed by atoms with Crippen molar-refractivity contribution in [1.82, 2.24) is 45.0 Å². The van der Waals surface area contributed by atoms with Gasteiger partial charge in [0.15, 0.2) is 18.8 Å². The van der Waals surface area contributed by atoms with Gasteiger partial charge in [0.25, 0.3) is 0 Å². The first-order valence-corrected chi connectivity index (χ1v) is 19.0. The number of aliphatic hydroxyl groups is 14. The van der Waals surface area contributed by atoms with Crippen LogP contribution < -0.4 is 0 Å². The van der Waals surface area contributed by atoms with Crippen molar-refractivity contribution in [2.75, 3.05) is 26.4 Å². The van der Waals surface area contributed by atoms with Crippen LogP contribution in [0.25, 0.3) is 0 Å². The summed E-state index contributed by atoms with van der Waals surface area (Å²) in [5, 5.41) is 168. The average Bonchev–Trinajstić information content (AvgIpc) is 4.05. The minimum absolute atomic E-state index is 0.0936. The maximum absolute atomic E-state index is 11.3. The maximum atomic E-state index is 11.3. The van der Waals surface area contributed by atoms with Crippen LogP contribution in [0.3, 0.4) is 0 Å². The predicted octanol–water partition coefficient (Wildman–Crippen LogP) is -9.66. The summed E-state index contributed by atoms with van der Waals surface area (Å²) in [4.78, 5) is 0. The van der Waals surface area contributed by atoms with E-state index < -0.39 is 149 Å². The first-order chi connectivity index (χ1) is 29.2. The molecule has 3 aromatic rings. The zero-order valence-corrected chi connectivity index (χ0v) is 31.8. The van der Waals surface area contributed by atoms with Crippen molar-refractivity contribution in [1.29, 1.82) is 0 Å². The van der Waals surface area contributed by atoms with Crippen LogP contribution in [0, 0.1) is 0 Å². The van der Waals surface area contributed by atoms with E-state index in [4.69, 9.17) is 28.4 Å². The van der Waals surface area contributed by atoms with E-state index in [0.29, 0.717) is 0 Å². The van der Waals surface area contributed by atoms with Crippen LogP contribution in [0.5, 0.6) is 0 Å². The summed E-state index contributed by atoms with van der Waals surface area (Å²) in [7, 11) is 0. The molecule has 3 aromatic heterocycles. The van der Waals surface area contributed by atoms with Gasteiger partial charge >= 0.3 is 0 Å². The molecule has 0 aromatic carbocycles. The summed E-state index contributed by atoms with van der Waals surface area (Å²) in [6.45, 7) is -3.47. The van der Waals surface area contributed by atoms with Gasteiger partial charge in [0.2, 0.25) is 0 Å². The van der Waals surface area contributed by atoms with Gasteiger partial charge in [-0.2, -0.15) is 0 Å². The van der Waals surface area contributed by atoms with Gasteiger partial charge in [-0.1, -0.05) is 15.6 Å². The summed E-state index contributed by atoms with van der Waals surface area (Å²) in [5.41, 5.74) is 0.131. The van der Waals surface area contributed by atoms with Gasteiger partial charge < -0.3 is 99.9 Å². The first-order valence-electron chi connectivity index (χ1n) is 19.0. The molecule has 14 N–H and O–H groups in total. The molecule has 20 atom stereocenters. The highest BCUT2D eigenvalue weighted by Gasteiger charge is 2.51. The molecule has 4 aliphatic heterocycles. The molecule has 4 saturated heterocycles. The summed E-state index contributed by atoms with van der Waals surface area (Å²) in [6.07, 6.45) is -23.6. The fraction of sp³-hybridized carbons (Fsp3) is 0.812. The third-order valence-electron chi connectivity index (χ3n) is 11.1. The average molecular weight is 880 g/mol. The van der Waals surface area contributed by atoms with Crippen LogP contribution in [0.15, 0.2) is 18.6 Å². The van der Waals surface area contributed by atoms with Crippen molar-refractivity contribution in [2.24, 2.45) is 0 Å². The van der Waals surface area contributed by atoms with Gasteiger partial charge in [-0.15, -0.1) is 15.3 Å². The fourth-order valence-corrected chi connectivity index (χ4v) is 7.64. The topological polar surface area (TPSA) is 431 Å². The first kappa shape index (κ1) is 45.6. The Balaban J connectivity index is 0.977. The SMILES string of the molecule is OC[C@H]1O[C@@H](OCc2cn([C@H]3[C@H](O)[C@@H](O)[C@H](n4cc([C@@H]5O[C@H](CO)[C@@H](n6cc(CO[C@@H]7O[C@H](CO)[C@H](O)[C@H](O)[C@H]7O)nn6)[C@H](O)[C@H]5O)nn4)O[C@@H]3CO)nn2)[C@H](O)[C@@H](O)[C@H]1O. The summed E-state index contributed by atoms with van der Waals surface area (Å²) in [5.74, 6) is 0. The molecule has 0 unspecified atom stereocenters. The second-order valence-corrected chi connectivity index (χ2v) is 15.0. The van der Waals surface area contributed by atoms with Crippen molar-refractivity contribution < 1.29 is 99.9 Å². The summed E-state index contributed by atoms with van der Waals surface area (Å²) >= 11 is 0. The van der Waals surface area contributed by atoms with Crippen LogP contribution in [-0.2, 0) is 41.6 Å². The van der Waals surface area contributed by atoms with Crippen molar-refractivity contribution >= 4 is 0 Å². The van der Waals surface area contributed by atoms with Gasteiger partial charge in [0.05, 0.1) is 58.2 Å². The molecule has 61 heavy (non-hydrogen) atoms. The molecule has 0 amide bonds. The third-order valence-corrected chi connectivity index (χ3v) is 11.1. The molecule has 0 aliphatic carbocycles. The largest absolute Gasteiger partial charge is 0.394 e. The van der Waals surface area contributed by atoms with E-state index in [1.807, 2.05) is 0 Å². The molecule has 0 bridgehead atoms. The number of ether oxygens (including phenoxy) is 6. The van der Waals surface area contributed by atoms with E-state index in [1.54, 1.807) is 0 Å². The van der Waals surface area contributed by atoms with E-state index in [1.165, 1.54) is 18.6 Å². The van der Waals surface area contributed by atoms with Crippen molar-refractivity contribution in [3.05, 3.63) is 35.7 Å². The number of rotatable bonds is 14. The standard InChI is InChI=1S/C32H49N9O20/c42-4-13-17(39-1-10(33-36-39)8-56-31-27(54)23(50)19(46)15(6-44)60-31)21(48)25(52)29(58-13)12-3-41(38-35-12)30-26(53)22(49)18(14(5-43)59-30)40-2-11(34-37-40)9-57-32-28(55)24(51)20(47)16(7-45)61-32/h1-3,13-32,42-55H,4-9H2/t13-,14-,15-,16-,17-,18-,19+,20+,21+,22+,23+,24+,25-,26-,27-,28-,29+,30-,31-,32-/m1/s1. The molecule has 7 heterocycles. The Morgan fingerprint density at radius 1 is 0.443 bits per heavy atom. The van der Waals surface area contributed by atoms with E-state index in [9.17, 15) is 71.5 Å². The zero-order valence-electron chi connectivity index (χ0n) is 31.8.